The fraction of sp³-hybridized carbons (Fsp3) is 0.889. The summed E-state index contributed by atoms with van der Waals surface area (Å²) in [7, 11) is 0. The Kier molecular flexibility index (Phi) is 7.66. The number of rotatable bonds is 4. The minimum Gasteiger partial charge on any atom is -0.481 e. The predicted molar refractivity (Wildman–Crippen MR) is 164 cm³/mol. The third kappa shape index (κ3) is 4.40. The van der Waals surface area contributed by atoms with Crippen LogP contribution < -0.4 is 0 Å². The topological polar surface area (TPSA) is 134 Å². The Hall–Kier alpha value is -1.32. The molecule has 6 rings (SSSR count). The third-order valence-corrected chi connectivity index (χ3v) is 15.1. The first-order chi connectivity index (χ1) is 20.4. The smallest absolute Gasteiger partial charge is 0.309 e. The van der Waals surface area contributed by atoms with E-state index in [9.17, 15) is 30.0 Å². The summed E-state index contributed by atoms with van der Waals surface area (Å²) in [6.45, 7) is 15.4. The van der Waals surface area contributed by atoms with E-state index in [1.165, 1.54) is 5.57 Å². The largest absolute Gasteiger partial charge is 0.481 e. The molecule has 0 bridgehead atoms. The van der Waals surface area contributed by atoms with E-state index in [1.54, 1.807) is 0 Å². The highest BCUT2D eigenvalue weighted by Gasteiger charge is 2.70. The quantitative estimate of drug-likeness (QED) is 0.314. The molecule has 248 valence electrons. The number of hydrogen-bond acceptors (Lipinski definition) is 7. The first-order valence-electron chi connectivity index (χ1n) is 17.1. The minimum atomic E-state index is -1.14. The number of allylic oxidation sites excluding steroid dienone is 2. The van der Waals surface area contributed by atoms with Gasteiger partial charge < -0.3 is 29.9 Å². The van der Waals surface area contributed by atoms with Crippen molar-refractivity contribution in [2.75, 3.05) is 6.61 Å². The van der Waals surface area contributed by atoms with Gasteiger partial charge in [-0.15, -0.1) is 0 Å². The first kappa shape index (κ1) is 32.6. The maximum absolute atomic E-state index is 14.6. The highest BCUT2D eigenvalue weighted by molar-refractivity contribution is 5.95. The molecule has 0 aromatic heterocycles. The average molecular weight is 617 g/mol. The van der Waals surface area contributed by atoms with Crippen LogP contribution in [-0.4, -0.2) is 69.5 Å². The van der Waals surface area contributed by atoms with E-state index in [0.29, 0.717) is 12.8 Å². The van der Waals surface area contributed by atoms with Crippen molar-refractivity contribution in [1.29, 1.82) is 0 Å². The lowest BCUT2D eigenvalue weighted by atomic mass is 9.33. The lowest BCUT2D eigenvalue weighted by molar-refractivity contribution is -0.296. The van der Waals surface area contributed by atoms with Crippen LogP contribution in [0.4, 0.5) is 0 Å². The summed E-state index contributed by atoms with van der Waals surface area (Å²) in [6.07, 6.45) is 6.05. The zero-order valence-corrected chi connectivity index (χ0v) is 27.9. The van der Waals surface area contributed by atoms with E-state index in [2.05, 4.69) is 41.5 Å². The lowest BCUT2D eigenvalue weighted by Crippen LogP contribution is -2.67. The standard InChI is InChI=1S/C36H56O8/c1-31(2)25-8-11-36(7)29(34(25,5)10-9-26(31)44-27-17-22(38)28(40)24(19-37)43-27)23(39)16-20-21-18-33(4,30(41)42)13-12-32(21,3)14-15-35(20,36)6/h16,21-22,24-29,37-38,40H,8-15,17-19H2,1-7H3,(H,41,42). The SMILES string of the molecule is CC1(C(=O)O)CCC2(C)CCC3(C)C(=CC(=O)C4C5(C)CCC(OC6CC(O)C(O)C(CO)O6)C(C)(C)C5CCC43C)C2C1. The van der Waals surface area contributed by atoms with Gasteiger partial charge in [0.25, 0.3) is 0 Å². The van der Waals surface area contributed by atoms with E-state index in [1.807, 2.05) is 13.0 Å². The second-order valence-corrected chi connectivity index (χ2v) is 17.6. The van der Waals surface area contributed by atoms with Crippen molar-refractivity contribution in [2.45, 2.75) is 143 Å². The summed E-state index contributed by atoms with van der Waals surface area (Å²) in [5.41, 5.74) is -0.373. The van der Waals surface area contributed by atoms with Crippen LogP contribution in [0.5, 0.6) is 0 Å². The Morgan fingerprint density at radius 3 is 2.32 bits per heavy atom. The molecule has 0 radical (unpaired) electrons. The summed E-state index contributed by atoms with van der Waals surface area (Å²) in [5.74, 6) is -0.267. The van der Waals surface area contributed by atoms with Crippen LogP contribution in [-0.2, 0) is 19.1 Å². The first-order valence-corrected chi connectivity index (χ1v) is 17.1. The summed E-state index contributed by atoms with van der Waals surface area (Å²) in [5, 5.41) is 40.4. The Labute approximate surface area is 263 Å². The van der Waals surface area contributed by atoms with Crippen LogP contribution in [0.3, 0.4) is 0 Å². The van der Waals surface area contributed by atoms with Crippen molar-refractivity contribution >= 4 is 11.8 Å². The molecular weight excluding hydrogens is 560 g/mol. The van der Waals surface area contributed by atoms with E-state index in [-0.39, 0.29) is 69.7 Å². The number of aliphatic hydroxyl groups is 3. The molecule has 13 atom stereocenters. The number of hydrogen-bond donors (Lipinski definition) is 4. The van der Waals surface area contributed by atoms with Gasteiger partial charge in [-0.3, -0.25) is 9.59 Å². The number of fused-ring (bicyclic) bond motifs is 7. The third-order valence-electron chi connectivity index (χ3n) is 15.1. The molecule has 5 aliphatic carbocycles. The van der Waals surface area contributed by atoms with Gasteiger partial charge in [0.05, 0.1) is 24.2 Å². The van der Waals surface area contributed by atoms with Crippen molar-refractivity contribution in [1.82, 2.24) is 0 Å². The van der Waals surface area contributed by atoms with Crippen molar-refractivity contribution in [3.63, 3.8) is 0 Å². The van der Waals surface area contributed by atoms with Crippen molar-refractivity contribution in [2.24, 2.45) is 50.2 Å². The summed E-state index contributed by atoms with van der Waals surface area (Å²) in [6, 6.07) is 0. The molecule has 4 N–H and O–H groups in total. The van der Waals surface area contributed by atoms with Crippen LogP contribution in [0, 0.1) is 50.2 Å². The van der Waals surface area contributed by atoms with Gasteiger partial charge in [0, 0.05) is 12.3 Å². The molecule has 1 saturated heterocycles. The van der Waals surface area contributed by atoms with Crippen molar-refractivity contribution in [3.05, 3.63) is 11.6 Å². The monoisotopic (exact) mass is 616 g/mol. The van der Waals surface area contributed by atoms with Gasteiger partial charge in [0.1, 0.15) is 12.2 Å². The summed E-state index contributed by atoms with van der Waals surface area (Å²) < 4.78 is 12.4. The molecule has 0 aromatic carbocycles. The number of carboxylic acid groups (broad SMARTS) is 1. The Bertz CT molecular complexity index is 1230. The number of ether oxygens (including phenoxy) is 2. The lowest BCUT2D eigenvalue weighted by Gasteiger charge is -2.70. The van der Waals surface area contributed by atoms with Crippen molar-refractivity contribution in [3.8, 4) is 0 Å². The summed E-state index contributed by atoms with van der Waals surface area (Å²) in [4.78, 5) is 27.0. The Morgan fingerprint density at radius 2 is 1.66 bits per heavy atom. The molecule has 0 spiro atoms. The van der Waals surface area contributed by atoms with E-state index in [4.69, 9.17) is 9.47 Å². The molecule has 13 unspecified atom stereocenters. The van der Waals surface area contributed by atoms with Gasteiger partial charge in [-0.2, -0.15) is 0 Å². The molecule has 6 aliphatic rings. The molecule has 44 heavy (non-hydrogen) atoms. The number of carbonyl (C=O) groups excluding carboxylic acids is 1. The molecule has 5 fully saturated rings. The van der Waals surface area contributed by atoms with Crippen LogP contribution in [0.1, 0.15) is 113 Å². The number of carboxylic acids is 1. The second kappa shape index (κ2) is 10.3. The predicted octanol–water partition coefficient (Wildman–Crippen LogP) is 5.27. The highest BCUT2D eigenvalue weighted by atomic mass is 16.7. The highest BCUT2D eigenvalue weighted by Crippen LogP contribution is 2.75. The van der Waals surface area contributed by atoms with E-state index in [0.717, 1.165) is 44.9 Å². The van der Waals surface area contributed by atoms with Gasteiger partial charge in [-0.1, -0.05) is 47.1 Å². The number of ketones is 1. The Balaban J connectivity index is 1.31. The van der Waals surface area contributed by atoms with E-state index < -0.39 is 36.0 Å². The maximum atomic E-state index is 14.6. The molecule has 0 amide bonds. The van der Waals surface area contributed by atoms with Gasteiger partial charge >= 0.3 is 5.97 Å². The van der Waals surface area contributed by atoms with Crippen LogP contribution >= 0.6 is 0 Å². The van der Waals surface area contributed by atoms with Crippen LogP contribution in [0.15, 0.2) is 11.6 Å². The molecule has 0 aromatic rings. The fourth-order valence-corrected chi connectivity index (χ4v) is 11.9. The molecule has 1 heterocycles. The molecule has 8 heteroatoms. The number of aliphatic hydroxyl groups excluding tert-OH is 3. The fourth-order valence-electron chi connectivity index (χ4n) is 11.9. The van der Waals surface area contributed by atoms with E-state index >= 15 is 0 Å². The summed E-state index contributed by atoms with van der Waals surface area (Å²) >= 11 is 0. The van der Waals surface area contributed by atoms with Gasteiger partial charge in [-0.05, 0) is 110 Å². The second-order valence-electron chi connectivity index (χ2n) is 17.6. The van der Waals surface area contributed by atoms with Crippen molar-refractivity contribution < 1.29 is 39.5 Å². The zero-order chi connectivity index (χ0) is 32.3. The molecule has 8 nitrogen and oxygen atoms in total. The van der Waals surface area contributed by atoms with Crippen LogP contribution in [0.2, 0.25) is 0 Å². The van der Waals surface area contributed by atoms with Gasteiger partial charge in [0.2, 0.25) is 0 Å². The number of aliphatic carboxylic acids is 1. The van der Waals surface area contributed by atoms with Gasteiger partial charge in [0.15, 0.2) is 12.1 Å². The minimum absolute atomic E-state index is 0.0299. The number of carbonyl (C=O) groups is 2. The molecule has 1 aliphatic heterocycles. The normalized spacial score (nSPS) is 53.4. The average Bonchev–Trinajstić information content (AvgIpc) is 2.94. The van der Waals surface area contributed by atoms with Gasteiger partial charge in [-0.25, -0.2) is 0 Å². The molecular formula is C36H56O8. The zero-order valence-electron chi connectivity index (χ0n) is 27.9. The molecule has 4 saturated carbocycles. The van der Waals surface area contributed by atoms with Crippen LogP contribution in [0.25, 0.3) is 0 Å². The maximum Gasteiger partial charge on any atom is 0.309 e. The Morgan fingerprint density at radius 1 is 0.977 bits per heavy atom.